The molecule has 4 nitrogen and oxygen atoms in total. The summed E-state index contributed by atoms with van der Waals surface area (Å²) in [6.45, 7) is 2.41. The number of furan rings is 1. The molecule has 0 atom stereocenters. The van der Waals surface area contributed by atoms with E-state index in [9.17, 15) is 4.79 Å². The average Bonchev–Trinajstić information content (AvgIpc) is 3.40. The number of para-hydroxylation sites is 1. The average molecular weight is 423 g/mol. The molecule has 4 rings (SSSR count). The molecule has 0 saturated heterocycles. The van der Waals surface area contributed by atoms with Crippen molar-refractivity contribution >= 4 is 50.3 Å². The van der Waals surface area contributed by atoms with Crippen LogP contribution in [0.3, 0.4) is 0 Å². The highest BCUT2D eigenvalue weighted by molar-refractivity contribution is 7.22. The number of fused-ring (bicyclic) bond motifs is 1. The highest BCUT2D eigenvalue weighted by Crippen LogP contribution is 2.32. The van der Waals surface area contributed by atoms with Crippen molar-refractivity contribution in [1.29, 1.82) is 0 Å². The zero-order valence-corrected chi connectivity index (χ0v) is 17.4. The molecule has 6 heteroatoms. The number of thiazole rings is 1. The Morgan fingerprint density at radius 2 is 2.03 bits per heavy atom. The minimum atomic E-state index is -0.182. The third-order valence-electron chi connectivity index (χ3n) is 4.57. The van der Waals surface area contributed by atoms with Crippen LogP contribution in [0.5, 0.6) is 0 Å². The molecule has 0 bridgehead atoms. The predicted molar refractivity (Wildman–Crippen MR) is 119 cm³/mol. The first-order chi connectivity index (χ1) is 14.2. The molecule has 0 fully saturated rings. The normalized spacial score (nSPS) is 11.4. The number of aryl methyl sites for hydroxylation is 1. The molecule has 0 spiro atoms. The molecule has 0 unspecified atom stereocenters. The zero-order valence-electron chi connectivity index (χ0n) is 15.8. The fourth-order valence-corrected chi connectivity index (χ4v) is 4.27. The van der Waals surface area contributed by atoms with E-state index in [2.05, 4.69) is 13.0 Å². The summed E-state index contributed by atoms with van der Waals surface area (Å²) in [5.41, 5.74) is 2.90. The number of hydrogen-bond acceptors (Lipinski definition) is 4. The second kappa shape index (κ2) is 8.64. The highest BCUT2D eigenvalue weighted by Gasteiger charge is 2.20. The number of carbonyl (C=O) groups excluding carboxylic acids is 1. The number of anilines is 1. The molecule has 0 aliphatic carbocycles. The van der Waals surface area contributed by atoms with Crippen molar-refractivity contribution in [3.63, 3.8) is 0 Å². The molecule has 0 aliphatic rings. The maximum absolute atomic E-state index is 13.1. The smallest absolute Gasteiger partial charge is 0.253 e. The van der Waals surface area contributed by atoms with Crippen LogP contribution < -0.4 is 4.90 Å². The van der Waals surface area contributed by atoms with Crippen molar-refractivity contribution in [1.82, 2.24) is 4.98 Å². The standard InChI is InChI=1S/C23H19ClN2O2S/c1-2-16-8-5-11-20-22(16)25-23(29-20)26(15-18-9-6-14-28-18)21(27)13-12-17-7-3-4-10-19(17)24/h3-14H,2,15H2,1H3/b13-12+. The van der Waals surface area contributed by atoms with Crippen molar-refractivity contribution < 1.29 is 9.21 Å². The van der Waals surface area contributed by atoms with Crippen LogP contribution in [-0.4, -0.2) is 10.9 Å². The van der Waals surface area contributed by atoms with Gasteiger partial charge in [-0.15, -0.1) is 0 Å². The van der Waals surface area contributed by atoms with Crippen LogP contribution in [0.2, 0.25) is 5.02 Å². The maximum Gasteiger partial charge on any atom is 0.253 e. The van der Waals surface area contributed by atoms with Gasteiger partial charge in [-0.2, -0.15) is 0 Å². The molecule has 2 heterocycles. The van der Waals surface area contributed by atoms with Crippen molar-refractivity contribution in [3.05, 3.63) is 88.8 Å². The molecule has 146 valence electrons. The number of halogens is 1. The van der Waals surface area contributed by atoms with Gasteiger partial charge in [0.15, 0.2) is 5.13 Å². The van der Waals surface area contributed by atoms with E-state index < -0.39 is 0 Å². The monoisotopic (exact) mass is 422 g/mol. The summed E-state index contributed by atoms with van der Waals surface area (Å²) in [6.07, 6.45) is 5.74. The lowest BCUT2D eigenvalue weighted by Crippen LogP contribution is -2.28. The third kappa shape index (κ3) is 4.26. The van der Waals surface area contributed by atoms with Gasteiger partial charge in [-0.05, 0) is 47.9 Å². The minimum Gasteiger partial charge on any atom is -0.467 e. The van der Waals surface area contributed by atoms with Crippen molar-refractivity contribution in [2.75, 3.05) is 4.90 Å². The molecule has 0 saturated carbocycles. The van der Waals surface area contributed by atoms with E-state index in [0.717, 1.165) is 22.2 Å². The molecule has 1 amide bonds. The van der Waals surface area contributed by atoms with Gasteiger partial charge in [-0.3, -0.25) is 9.69 Å². The van der Waals surface area contributed by atoms with Crippen LogP contribution in [0, 0.1) is 0 Å². The Morgan fingerprint density at radius 1 is 1.17 bits per heavy atom. The van der Waals surface area contributed by atoms with Gasteiger partial charge in [0.2, 0.25) is 0 Å². The molecule has 29 heavy (non-hydrogen) atoms. The number of carbonyl (C=O) groups is 1. The molecule has 4 aromatic rings. The van der Waals surface area contributed by atoms with Crippen LogP contribution in [0.25, 0.3) is 16.3 Å². The SMILES string of the molecule is CCc1cccc2sc(N(Cc3ccco3)C(=O)/C=C/c3ccccc3Cl)nc12. The van der Waals surface area contributed by atoms with E-state index in [1.165, 1.54) is 23.0 Å². The van der Waals surface area contributed by atoms with Crippen LogP contribution in [0.4, 0.5) is 5.13 Å². The second-order valence-corrected chi connectivity index (χ2v) is 7.89. The molecule has 0 N–H and O–H groups in total. The summed E-state index contributed by atoms with van der Waals surface area (Å²) in [7, 11) is 0. The van der Waals surface area contributed by atoms with Gasteiger partial charge >= 0.3 is 0 Å². The molecule has 2 aromatic heterocycles. The van der Waals surface area contributed by atoms with Gasteiger partial charge in [0, 0.05) is 11.1 Å². The number of rotatable bonds is 6. The molecular formula is C23H19ClN2O2S. The van der Waals surface area contributed by atoms with Crippen LogP contribution in [0.1, 0.15) is 23.8 Å². The zero-order chi connectivity index (χ0) is 20.2. The largest absolute Gasteiger partial charge is 0.467 e. The first-order valence-corrected chi connectivity index (χ1v) is 10.5. The van der Waals surface area contributed by atoms with E-state index in [4.69, 9.17) is 21.0 Å². The van der Waals surface area contributed by atoms with Gasteiger partial charge in [0.1, 0.15) is 5.76 Å². The molecular weight excluding hydrogens is 404 g/mol. The van der Waals surface area contributed by atoms with Gasteiger partial charge in [0.25, 0.3) is 5.91 Å². The Morgan fingerprint density at radius 3 is 2.79 bits per heavy atom. The van der Waals surface area contributed by atoms with Crippen molar-refractivity contribution in [3.8, 4) is 0 Å². The van der Waals surface area contributed by atoms with Gasteiger partial charge in [-0.25, -0.2) is 4.98 Å². The number of benzene rings is 2. The lowest BCUT2D eigenvalue weighted by Gasteiger charge is -2.16. The Hall–Kier alpha value is -2.89. The number of amides is 1. The van der Waals surface area contributed by atoms with E-state index in [1.807, 2.05) is 42.5 Å². The summed E-state index contributed by atoms with van der Waals surface area (Å²) in [5.74, 6) is 0.512. The van der Waals surface area contributed by atoms with Gasteiger partial charge in [0.05, 0.1) is 23.0 Å². The Kier molecular flexibility index (Phi) is 5.79. The molecule has 0 aliphatic heterocycles. The first kappa shape index (κ1) is 19.4. The quantitative estimate of drug-likeness (QED) is 0.340. The summed E-state index contributed by atoms with van der Waals surface area (Å²) < 4.78 is 6.54. The van der Waals surface area contributed by atoms with Crippen LogP contribution in [-0.2, 0) is 17.8 Å². The Balaban J connectivity index is 1.70. The van der Waals surface area contributed by atoms with Crippen LogP contribution >= 0.6 is 22.9 Å². The van der Waals surface area contributed by atoms with Gasteiger partial charge < -0.3 is 4.42 Å². The highest BCUT2D eigenvalue weighted by atomic mass is 35.5. The lowest BCUT2D eigenvalue weighted by atomic mass is 10.1. The topological polar surface area (TPSA) is 46.3 Å². The van der Waals surface area contributed by atoms with Crippen molar-refractivity contribution in [2.24, 2.45) is 0 Å². The first-order valence-electron chi connectivity index (χ1n) is 9.30. The minimum absolute atomic E-state index is 0.182. The number of aromatic nitrogens is 1. The third-order valence-corrected chi connectivity index (χ3v) is 5.96. The van der Waals surface area contributed by atoms with E-state index >= 15 is 0 Å². The second-order valence-electron chi connectivity index (χ2n) is 6.47. The van der Waals surface area contributed by atoms with E-state index in [-0.39, 0.29) is 5.91 Å². The summed E-state index contributed by atoms with van der Waals surface area (Å²) in [5, 5.41) is 1.24. The van der Waals surface area contributed by atoms with E-state index in [0.29, 0.717) is 22.5 Å². The number of hydrogen-bond donors (Lipinski definition) is 0. The maximum atomic E-state index is 13.1. The van der Waals surface area contributed by atoms with Gasteiger partial charge in [-0.1, -0.05) is 60.2 Å². The van der Waals surface area contributed by atoms with Crippen LogP contribution in [0.15, 0.2) is 71.4 Å². The van der Waals surface area contributed by atoms with E-state index in [1.54, 1.807) is 23.3 Å². The fourth-order valence-electron chi connectivity index (χ4n) is 3.05. The van der Waals surface area contributed by atoms with Crippen molar-refractivity contribution in [2.45, 2.75) is 19.9 Å². The molecule has 0 radical (unpaired) electrons. The lowest BCUT2D eigenvalue weighted by molar-refractivity contribution is -0.114. The Labute approximate surface area is 178 Å². The number of nitrogens with zero attached hydrogens (tertiary/aromatic N) is 2. The predicted octanol–water partition coefficient (Wildman–Crippen LogP) is 6.35. The summed E-state index contributed by atoms with van der Waals surface area (Å²) in [6, 6.07) is 17.2. The molecule has 2 aromatic carbocycles. The Bertz CT molecular complexity index is 1160. The summed E-state index contributed by atoms with van der Waals surface area (Å²) in [4.78, 5) is 19.5. The fraction of sp³-hybridized carbons (Fsp3) is 0.130. The summed E-state index contributed by atoms with van der Waals surface area (Å²) >= 11 is 7.71.